The molecular formula is C42H56O10. The first-order chi connectivity index (χ1) is 24.9. The standard InChI is InChI=1S/C42H56O10/c1-7-39(45)49-15-13-47-22-33(43)24-51-37-11-9-35(27(3)29(37)5)41-18-31-17-32(19-41)21-42(20-31,26-41)36-10-12-38(30(6)28(36)4)52-25-34(44)23-48-14-16-50-40(46)8-2/h7-12,31-34,43-44H,1-2,13-26H2,3-6H3. The summed E-state index contributed by atoms with van der Waals surface area (Å²) in [5.41, 5.74) is 7.79. The Balaban J connectivity index is 1.22. The topological polar surface area (TPSA) is 130 Å². The lowest BCUT2D eigenvalue weighted by Gasteiger charge is -2.63. The Kier molecular flexibility index (Phi) is 13.2. The van der Waals surface area contributed by atoms with Gasteiger partial charge in [0.1, 0.15) is 50.1 Å². The van der Waals surface area contributed by atoms with Crippen LogP contribution in [0.15, 0.2) is 49.6 Å². The van der Waals surface area contributed by atoms with Crippen molar-refractivity contribution in [2.24, 2.45) is 11.8 Å². The van der Waals surface area contributed by atoms with Crippen molar-refractivity contribution < 1.29 is 48.2 Å². The van der Waals surface area contributed by atoms with E-state index in [9.17, 15) is 19.8 Å². The molecule has 4 fully saturated rings. The van der Waals surface area contributed by atoms with E-state index in [1.165, 1.54) is 54.4 Å². The van der Waals surface area contributed by atoms with Gasteiger partial charge in [-0.15, -0.1) is 0 Å². The predicted molar refractivity (Wildman–Crippen MR) is 197 cm³/mol. The normalized spacial score (nSPS) is 24.2. The molecule has 2 aromatic rings. The highest BCUT2D eigenvalue weighted by atomic mass is 16.6. The molecule has 2 atom stereocenters. The quantitative estimate of drug-likeness (QED) is 0.100. The van der Waals surface area contributed by atoms with Crippen LogP contribution in [0.1, 0.15) is 71.9 Å². The van der Waals surface area contributed by atoms with Crippen molar-refractivity contribution in [3.8, 4) is 11.5 Å². The number of esters is 2. The monoisotopic (exact) mass is 720 g/mol. The Bertz CT molecular complexity index is 1470. The summed E-state index contributed by atoms with van der Waals surface area (Å²) in [7, 11) is 0. The smallest absolute Gasteiger partial charge is 0.330 e. The highest BCUT2D eigenvalue weighted by Crippen LogP contribution is 2.67. The van der Waals surface area contributed by atoms with Crippen molar-refractivity contribution in [1.82, 2.24) is 0 Å². The molecule has 0 amide bonds. The summed E-state index contributed by atoms with van der Waals surface area (Å²) in [4.78, 5) is 22.3. The van der Waals surface area contributed by atoms with Gasteiger partial charge < -0.3 is 38.6 Å². The molecule has 0 aromatic heterocycles. The molecule has 52 heavy (non-hydrogen) atoms. The molecule has 0 radical (unpaired) electrons. The molecule has 2 N–H and O–H groups in total. The maximum atomic E-state index is 11.1. The van der Waals surface area contributed by atoms with E-state index in [-0.39, 0.29) is 63.7 Å². The largest absolute Gasteiger partial charge is 0.491 e. The number of hydrogen-bond acceptors (Lipinski definition) is 10. The van der Waals surface area contributed by atoms with Gasteiger partial charge in [0.2, 0.25) is 0 Å². The Morgan fingerprint density at radius 2 is 1.08 bits per heavy atom. The number of rotatable bonds is 20. The summed E-state index contributed by atoms with van der Waals surface area (Å²) >= 11 is 0. The first kappa shape index (κ1) is 39.5. The molecule has 0 spiro atoms. The lowest BCUT2D eigenvalue weighted by Crippen LogP contribution is -2.56. The zero-order chi connectivity index (χ0) is 37.5. The van der Waals surface area contributed by atoms with Crippen molar-refractivity contribution in [2.45, 2.75) is 89.3 Å². The minimum Gasteiger partial charge on any atom is -0.491 e. The highest BCUT2D eigenvalue weighted by molar-refractivity contribution is 5.81. The number of ether oxygens (including phenoxy) is 6. The zero-order valence-corrected chi connectivity index (χ0v) is 31.2. The van der Waals surface area contributed by atoms with Gasteiger partial charge in [-0.2, -0.15) is 0 Å². The van der Waals surface area contributed by atoms with Crippen LogP contribution in [0.2, 0.25) is 0 Å². The second-order valence-electron chi connectivity index (χ2n) is 15.1. The van der Waals surface area contributed by atoms with Crippen molar-refractivity contribution in [3.05, 3.63) is 83.0 Å². The van der Waals surface area contributed by atoms with E-state index in [0.717, 1.165) is 41.2 Å². The third-order valence-electron chi connectivity index (χ3n) is 11.4. The van der Waals surface area contributed by atoms with Gasteiger partial charge in [-0.05, 0) is 134 Å². The summed E-state index contributed by atoms with van der Waals surface area (Å²) < 4.78 is 32.8. The van der Waals surface area contributed by atoms with Gasteiger partial charge in [0.25, 0.3) is 0 Å². The third-order valence-corrected chi connectivity index (χ3v) is 11.4. The molecule has 4 aliphatic rings. The lowest BCUT2D eigenvalue weighted by atomic mass is 9.41. The molecule has 2 unspecified atom stereocenters. The van der Waals surface area contributed by atoms with Crippen LogP contribution in [0.25, 0.3) is 0 Å². The maximum Gasteiger partial charge on any atom is 0.330 e. The molecule has 10 nitrogen and oxygen atoms in total. The van der Waals surface area contributed by atoms with E-state index in [0.29, 0.717) is 11.8 Å². The van der Waals surface area contributed by atoms with Gasteiger partial charge in [0.05, 0.1) is 26.4 Å². The molecular weight excluding hydrogens is 664 g/mol. The zero-order valence-electron chi connectivity index (χ0n) is 31.2. The highest BCUT2D eigenvalue weighted by Gasteiger charge is 2.59. The Hall–Kier alpha value is -3.70. The van der Waals surface area contributed by atoms with Crippen LogP contribution < -0.4 is 9.47 Å². The number of carbonyl (C=O) groups is 2. The molecule has 0 heterocycles. The molecule has 2 aromatic carbocycles. The predicted octanol–water partition coefficient (Wildman–Crippen LogP) is 5.68. The van der Waals surface area contributed by atoms with E-state index >= 15 is 0 Å². The average molecular weight is 721 g/mol. The van der Waals surface area contributed by atoms with Crippen molar-refractivity contribution >= 4 is 11.9 Å². The first-order valence-electron chi connectivity index (χ1n) is 18.5. The first-order valence-corrected chi connectivity index (χ1v) is 18.5. The van der Waals surface area contributed by atoms with E-state index < -0.39 is 24.1 Å². The summed E-state index contributed by atoms with van der Waals surface area (Å²) in [6.07, 6.45) is 7.83. The van der Waals surface area contributed by atoms with Crippen LogP contribution in [0.4, 0.5) is 0 Å². The minimum atomic E-state index is -0.813. The molecule has 0 aliphatic heterocycles. The molecule has 0 saturated heterocycles. The van der Waals surface area contributed by atoms with Crippen LogP contribution in [-0.4, -0.2) is 87.2 Å². The summed E-state index contributed by atoms with van der Waals surface area (Å²) in [6, 6.07) is 8.69. The van der Waals surface area contributed by atoms with Gasteiger partial charge >= 0.3 is 11.9 Å². The van der Waals surface area contributed by atoms with Crippen molar-refractivity contribution in [1.29, 1.82) is 0 Å². The second kappa shape index (κ2) is 17.4. The lowest BCUT2D eigenvalue weighted by molar-refractivity contribution is -0.140. The second-order valence-corrected chi connectivity index (χ2v) is 15.1. The number of hydrogen-bond donors (Lipinski definition) is 2. The maximum absolute atomic E-state index is 11.1. The van der Waals surface area contributed by atoms with Crippen LogP contribution in [0, 0.1) is 39.5 Å². The Labute approximate surface area is 308 Å². The summed E-state index contributed by atoms with van der Waals surface area (Å²) in [5, 5.41) is 20.9. The third kappa shape index (κ3) is 9.08. The minimum absolute atomic E-state index is 0.0800. The Morgan fingerprint density at radius 3 is 1.46 bits per heavy atom. The van der Waals surface area contributed by atoms with Gasteiger partial charge in [-0.25, -0.2) is 9.59 Å². The molecule has 6 rings (SSSR count). The fourth-order valence-electron chi connectivity index (χ4n) is 9.37. The van der Waals surface area contributed by atoms with Gasteiger partial charge in [0.15, 0.2) is 0 Å². The fourth-order valence-corrected chi connectivity index (χ4v) is 9.37. The van der Waals surface area contributed by atoms with Crippen molar-refractivity contribution in [2.75, 3.05) is 52.9 Å². The van der Waals surface area contributed by atoms with Gasteiger partial charge in [-0.1, -0.05) is 25.3 Å². The number of aliphatic hydroxyl groups is 2. The number of benzene rings is 2. The van der Waals surface area contributed by atoms with Gasteiger partial charge in [-0.3, -0.25) is 0 Å². The Morgan fingerprint density at radius 1 is 0.673 bits per heavy atom. The number of carbonyl (C=O) groups excluding carboxylic acids is 2. The molecule has 10 heteroatoms. The van der Waals surface area contributed by atoms with Crippen LogP contribution in [0.5, 0.6) is 11.5 Å². The van der Waals surface area contributed by atoms with Crippen molar-refractivity contribution in [3.63, 3.8) is 0 Å². The fraction of sp³-hybridized carbons (Fsp3) is 0.571. The summed E-state index contributed by atoms with van der Waals surface area (Å²) in [6.45, 7) is 16.3. The average Bonchev–Trinajstić information content (AvgIpc) is 3.11. The van der Waals surface area contributed by atoms with E-state index in [4.69, 9.17) is 28.4 Å². The van der Waals surface area contributed by atoms with E-state index in [1.54, 1.807) is 0 Å². The van der Waals surface area contributed by atoms with Crippen LogP contribution >= 0.6 is 0 Å². The van der Waals surface area contributed by atoms with E-state index in [1.807, 2.05) is 0 Å². The molecule has 4 bridgehead atoms. The molecule has 284 valence electrons. The van der Waals surface area contributed by atoms with Crippen LogP contribution in [0.3, 0.4) is 0 Å². The SMILES string of the molecule is C=CC(=O)OCCOCC(O)COc1ccc(C23CC4CC(C2)CC(c2ccc(OCC(O)COCCOC(=O)C=C)c(C)c2C)(C4)C3)c(C)c1C. The number of aliphatic hydroxyl groups excluding tert-OH is 2. The molecule has 4 saturated carbocycles. The van der Waals surface area contributed by atoms with E-state index in [2.05, 4.69) is 65.1 Å². The van der Waals surface area contributed by atoms with Crippen LogP contribution in [-0.2, 0) is 39.4 Å². The molecule has 4 aliphatic carbocycles. The summed E-state index contributed by atoms with van der Waals surface area (Å²) in [5.74, 6) is 1.89. The van der Waals surface area contributed by atoms with Gasteiger partial charge in [0, 0.05) is 12.2 Å².